The first-order valence-corrected chi connectivity index (χ1v) is 6.08. The molecule has 0 atom stereocenters. The first kappa shape index (κ1) is 12.4. The Kier molecular flexibility index (Phi) is 3.47. The maximum absolute atomic E-state index is 10.9. The number of anilines is 2. The van der Waals surface area contributed by atoms with E-state index >= 15 is 0 Å². The zero-order chi connectivity index (χ0) is 13.1. The molecule has 94 valence electrons. The third-order valence-corrected chi connectivity index (χ3v) is 3.18. The Bertz CT molecular complexity index is 580. The molecule has 2 rings (SSSR count). The topological polar surface area (TPSA) is 71.5 Å². The minimum absolute atomic E-state index is 0.188. The molecule has 0 aliphatic carbocycles. The van der Waals surface area contributed by atoms with Crippen LogP contribution in [0.2, 0.25) is 0 Å². The highest BCUT2D eigenvalue weighted by Crippen LogP contribution is 2.29. The van der Waals surface area contributed by atoms with Crippen molar-refractivity contribution in [2.45, 2.75) is 6.92 Å². The minimum atomic E-state index is -0.982. The summed E-state index contributed by atoms with van der Waals surface area (Å²) in [6.45, 7) is 1.91. The van der Waals surface area contributed by atoms with E-state index in [2.05, 4.69) is 10.3 Å². The van der Waals surface area contributed by atoms with Gasteiger partial charge in [-0.05, 0) is 25.1 Å². The Labute approximate surface area is 108 Å². The molecule has 5 nitrogen and oxygen atoms in total. The first-order chi connectivity index (χ1) is 8.60. The van der Waals surface area contributed by atoms with Crippen molar-refractivity contribution in [3.8, 4) is 5.75 Å². The van der Waals surface area contributed by atoms with Gasteiger partial charge in [0.05, 0.1) is 24.1 Å². The lowest BCUT2D eigenvalue weighted by atomic mass is 10.2. The zero-order valence-electron chi connectivity index (χ0n) is 9.93. The Hall–Kier alpha value is -2.08. The number of rotatable bonds is 4. The highest BCUT2D eigenvalue weighted by Gasteiger charge is 2.10. The molecule has 1 heterocycles. The third kappa shape index (κ3) is 2.60. The molecule has 0 aliphatic heterocycles. The number of hydrogen-bond donors (Lipinski definition) is 2. The van der Waals surface area contributed by atoms with Crippen LogP contribution in [0.25, 0.3) is 0 Å². The molecule has 0 radical (unpaired) electrons. The van der Waals surface area contributed by atoms with Gasteiger partial charge in [-0.15, -0.1) is 11.3 Å². The maximum Gasteiger partial charge on any atom is 0.335 e. The number of hydrogen-bond acceptors (Lipinski definition) is 5. The number of aromatic carboxylic acids is 1. The number of nitrogens with zero attached hydrogens (tertiary/aromatic N) is 1. The Morgan fingerprint density at radius 3 is 2.83 bits per heavy atom. The molecule has 1 aromatic heterocycles. The Balaban J connectivity index is 2.30. The van der Waals surface area contributed by atoms with Gasteiger partial charge in [0.1, 0.15) is 5.75 Å². The smallest absolute Gasteiger partial charge is 0.335 e. The summed E-state index contributed by atoms with van der Waals surface area (Å²) >= 11 is 1.48. The molecule has 6 heteroatoms. The van der Waals surface area contributed by atoms with Crippen LogP contribution in [-0.4, -0.2) is 23.2 Å². The largest absolute Gasteiger partial charge is 0.495 e. The molecule has 0 bridgehead atoms. The second-order valence-corrected chi connectivity index (χ2v) is 4.50. The van der Waals surface area contributed by atoms with Crippen LogP contribution in [0.3, 0.4) is 0 Å². The molecule has 2 aromatic rings. The van der Waals surface area contributed by atoms with Crippen molar-refractivity contribution in [2.75, 3.05) is 12.4 Å². The molecular weight excluding hydrogens is 252 g/mol. The molecule has 0 spiro atoms. The van der Waals surface area contributed by atoms with E-state index in [-0.39, 0.29) is 5.56 Å². The third-order valence-electron chi connectivity index (χ3n) is 2.31. The van der Waals surface area contributed by atoms with Gasteiger partial charge in [0.25, 0.3) is 0 Å². The van der Waals surface area contributed by atoms with Gasteiger partial charge in [-0.25, -0.2) is 9.78 Å². The fourth-order valence-corrected chi connectivity index (χ4v) is 2.15. The fourth-order valence-electron chi connectivity index (χ4n) is 1.45. The second-order valence-electron chi connectivity index (χ2n) is 3.64. The van der Waals surface area contributed by atoms with Crippen LogP contribution < -0.4 is 10.1 Å². The molecule has 1 aromatic carbocycles. The summed E-state index contributed by atoms with van der Waals surface area (Å²) in [5, 5.41) is 14.7. The van der Waals surface area contributed by atoms with Crippen LogP contribution in [0.1, 0.15) is 16.1 Å². The van der Waals surface area contributed by atoms with Gasteiger partial charge in [-0.3, -0.25) is 0 Å². The van der Waals surface area contributed by atoms with E-state index in [0.29, 0.717) is 11.4 Å². The van der Waals surface area contributed by atoms with Gasteiger partial charge in [-0.2, -0.15) is 0 Å². The van der Waals surface area contributed by atoms with Crippen molar-refractivity contribution >= 4 is 28.1 Å². The number of aromatic nitrogens is 1. The van der Waals surface area contributed by atoms with Gasteiger partial charge in [0.2, 0.25) is 0 Å². The lowest BCUT2D eigenvalue weighted by molar-refractivity contribution is 0.0696. The van der Waals surface area contributed by atoms with Crippen molar-refractivity contribution in [3.05, 3.63) is 34.8 Å². The molecule has 0 fully saturated rings. The summed E-state index contributed by atoms with van der Waals surface area (Å²) in [5.41, 5.74) is 1.81. The summed E-state index contributed by atoms with van der Waals surface area (Å²) < 4.78 is 5.17. The fraction of sp³-hybridized carbons (Fsp3) is 0.167. The average molecular weight is 264 g/mol. The van der Waals surface area contributed by atoms with E-state index in [4.69, 9.17) is 9.84 Å². The van der Waals surface area contributed by atoms with E-state index in [0.717, 1.165) is 10.8 Å². The van der Waals surface area contributed by atoms with Crippen LogP contribution in [0, 0.1) is 6.92 Å². The monoisotopic (exact) mass is 264 g/mol. The molecule has 0 amide bonds. The number of aryl methyl sites for hydroxylation is 1. The van der Waals surface area contributed by atoms with Crippen LogP contribution in [0.4, 0.5) is 10.8 Å². The molecule has 2 N–H and O–H groups in total. The van der Waals surface area contributed by atoms with Crippen LogP contribution >= 0.6 is 11.3 Å². The van der Waals surface area contributed by atoms with Crippen LogP contribution in [-0.2, 0) is 0 Å². The predicted octanol–water partition coefficient (Wildman–Crippen LogP) is 2.90. The molecule has 0 unspecified atom stereocenters. The predicted molar refractivity (Wildman–Crippen MR) is 70.1 cm³/mol. The van der Waals surface area contributed by atoms with Crippen LogP contribution in [0.15, 0.2) is 23.6 Å². The number of carboxylic acids is 1. The van der Waals surface area contributed by atoms with E-state index in [1.807, 2.05) is 12.3 Å². The van der Waals surface area contributed by atoms with E-state index in [1.165, 1.54) is 30.6 Å². The lowest BCUT2D eigenvalue weighted by Crippen LogP contribution is -2.00. The number of benzene rings is 1. The number of carbonyl (C=O) groups is 1. The molecular formula is C12H12N2O3S. The highest BCUT2D eigenvalue weighted by molar-refractivity contribution is 7.13. The second kappa shape index (κ2) is 5.05. The number of thiazole rings is 1. The van der Waals surface area contributed by atoms with Gasteiger partial charge >= 0.3 is 5.97 Å². The van der Waals surface area contributed by atoms with Gasteiger partial charge in [0, 0.05) is 5.38 Å². The zero-order valence-corrected chi connectivity index (χ0v) is 10.7. The summed E-state index contributed by atoms with van der Waals surface area (Å²) in [5.74, 6) is -0.507. The lowest BCUT2D eigenvalue weighted by Gasteiger charge is -2.09. The highest BCUT2D eigenvalue weighted by atomic mass is 32.1. The molecule has 18 heavy (non-hydrogen) atoms. The van der Waals surface area contributed by atoms with Crippen molar-refractivity contribution in [3.63, 3.8) is 0 Å². The number of carboxylic acid groups (broad SMARTS) is 1. The summed E-state index contributed by atoms with van der Waals surface area (Å²) in [7, 11) is 1.50. The van der Waals surface area contributed by atoms with Crippen molar-refractivity contribution in [1.82, 2.24) is 4.98 Å². The number of ether oxygens (including phenoxy) is 1. The first-order valence-electron chi connectivity index (χ1n) is 5.20. The van der Waals surface area contributed by atoms with Gasteiger partial charge in [-0.1, -0.05) is 0 Å². The quantitative estimate of drug-likeness (QED) is 0.888. The molecule has 0 saturated heterocycles. The van der Waals surface area contributed by atoms with Crippen molar-refractivity contribution < 1.29 is 14.6 Å². The molecule has 0 saturated carbocycles. The van der Waals surface area contributed by atoms with E-state index in [1.54, 1.807) is 6.07 Å². The normalized spacial score (nSPS) is 10.1. The van der Waals surface area contributed by atoms with Gasteiger partial charge in [0.15, 0.2) is 5.13 Å². The minimum Gasteiger partial charge on any atom is -0.495 e. The number of methoxy groups -OCH3 is 1. The number of nitrogens with one attached hydrogen (secondary N) is 1. The Morgan fingerprint density at radius 2 is 2.28 bits per heavy atom. The van der Waals surface area contributed by atoms with E-state index < -0.39 is 5.97 Å². The van der Waals surface area contributed by atoms with Crippen molar-refractivity contribution in [2.24, 2.45) is 0 Å². The van der Waals surface area contributed by atoms with Crippen molar-refractivity contribution in [1.29, 1.82) is 0 Å². The van der Waals surface area contributed by atoms with Crippen LogP contribution in [0.5, 0.6) is 5.75 Å². The Morgan fingerprint density at radius 1 is 1.50 bits per heavy atom. The SMILES string of the molecule is COc1cc(C(=O)O)ccc1Nc1nc(C)cs1. The average Bonchev–Trinajstić information content (AvgIpc) is 2.75. The summed E-state index contributed by atoms with van der Waals surface area (Å²) in [6, 6.07) is 4.66. The summed E-state index contributed by atoms with van der Waals surface area (Å²) in [6.07, 6.45) is 0. The summed E-state index contributed by atoms with van der Waals surface area (Å²) in [4.78, 5) is 15.1. The van der Waals surface area contributed by atoms with E-state index in [9.17, 15) is 4.79 Å². The standard InChI is InChI=1S/C12H12N2O3S/c1-7-6-18-12(13-7)14-9-4-3-8(11(15)16)5-10(9)17-2/h3-6H,1-2H3,(H,13,14)(H,15,16). The molecule has 0 aliphatic rings. The maximum atomic E-state index is 10.9. The van der Waals surface area contributed by atoms with Gasteiger partial charge < -0.3 is 15.2 Å².